The van der Waals surface area contributed by atoms with Crippen LogP contribution in [0.25, 0.3) is 38.5 Å². The Labute approximate surface area is 328 Å². The number of carbonyl (C=O) groups excluding carboxylic acids is 1. The zero-order chi connectivity index (χ0) is 40.0. The second-order valence-corrected chi connectivity index (χ2v) is 22.9. The van der Waals surface area contributed by atoms with E-state index in [9.17, 15) is 4.79 Å². The number of carbonyl (C=O) groups is 1. The first-order valence-electron chi connectivity index (χ1n) is 19.0. The monoisotopic (exact) mass is 786 g/mol. The van der Waals surface area contributed by atoms with Crippen LogP contribution >= 0.6 is 11.8 Å². The van der Waals surface area contributed by atoms with Crippen LogP contribution in [0.4, 0.5) is 13.6 Å². The van der Waals surface area contributed by atoms with Crippen LogP contribution in [0.2, 0.25) is 16.6 Å². The highest BCUT2D eigenvalue weighted by Crippen LogP contribution is 2.44. The summed E-state index contributed by atoms with van der Waals surface area (Å²) in [5.41, 5.74) is 6.21. The zero-order valence-corrected chi connectivity index (χ0v) is 35.6. The molecule has 0 aliphatic carbocycles. The number of aromatic nitrogens is 3. The predicted molar refractivity (Wildman–Crippen MR) is 220 cm³/mol. The van der Waals surface area contributed by atoms with E-state index in [2.05, 4.69) is 64.1 Å². The Bertz CT molecular complexity index is 2200. The largest absolute Gasteiger partial charge is 0.468 e. The minimum Gasteiger partial charge on any atom is -0.468 e. The molecular formula is C43H52F2N4O4SSi. The van der Waals surface area contributed by atoms with Crippen molar-refractivity contribution in [1.82, 2.24) is 19.9 Å². The summed E-state index contributed by atoms with van der Waals surface area (Å²) in [5.74, 6) is 2.60. The summed E-state index contributed by atoms with van der Waals surface area (Å²) >= 11 is 1.32. The van der Waals surface area contributed by atoms with E-state index in [0.717, 1.165) is 18.4 Å². The van der Waals surface area contributed by atoms with Crippen LogP contribution < -0.4 is 4.74 Å². The van der Waals surface area contributed by atoms with Crippen molar-refractivity contribution < 1.29 is 27.8 Å². The summed E-state index contributed by atoms with van der Waals surface area (Å²) in [4.78, 5) is 29.3. The molecule has 4 aromatic rings. The number of halogens is 2. The lowest BCUT2D eigenvalue weighted by molar-refractivity contribution is 0.0175. The molecule has 2 aromatic carbocycles. The number of benzene rings is 2. The van der Waals surface area contributed by atoms with Crippen LogP contribution in [0.3, 0.4) is 0 Å². The zero-order valence-electron chi connectivity index (χ0n) is 33.8. The van der Waals surface area contributed by atoms with Crippen molar-refractivity contribution in [3.8, 4) is 28.5 Å². The Balaban J connectivity index is 1.55. The van der Waals surface area contributed by atoms with E-state index in [1.807, 2.05) is 31.9 Å². The Morgan fingerprint density at radius 3 is 2.36 bits per heavy atom. The van der Waals surface area contributed by atoms with Gasteiger partial charge in [-0.2, -0.15) is 0 Å². The van der Waals surface area contributed by atoms with E-state index in [0.29, 0.717) is 61.4 Å². The molecule has 1 saturated heterocycles. The summed E-state index contributed by atoms with van der Waals surface area (Å²) in [7, 11) is -0.745. The van der Waals surface area contributed by atoms with Gasteiger partial charge in [0.2, 0.25) is 0 Å². The molecule has 0 N–H and O–H groups in total. The third-order valence-corrected chi connectivity index (χ3v) is 17.9. The van der Waals surface area contributed by atoms with E-state index in [4.69, 9.17) is 24.2 Å². The molecule has 292 valence electrons. The van der Waals surface area contributed by atoms with E-state index in [1.165, 1.54) is 24.9 Å². The molecule has 6 rings (SSSR count). The first kappa shape index (κ1) is 40.6. The van der Waals surface area contributed by atoms with Gasteiger partial charge in [-0.25, -0.2) is 23.5 Å². The first-order chi connectivity index (χ1) is 26.0. The minimum atomic E-state index is -2.27. The van der Waals surface area contributed by atoms with Crippen molar-refractivity contribution in [2.24, 2.45) is 0 Å². The molecule has 12 heteroatoms. The van der Waals surface area contributed by atoms with Crippen molar-refractivity contribution in [1.29, 1.82) is 0 Å². The number of thioether (sulfide) groups is 1. The molecule has 8 nitrogen and oxygen atoms in total. The maximum atomic E-state index is 17.3. The van der Waals surface area contributed by atoms with Gasteiger partial charge < -0.3 is 14.2 Å². The van der Waals surface area contributed by atoms with Gasteiger partial charge in [0.05, 0.1) is 17.3 Å². The highest BCUT2D eigenvalue weighted by molar-refractivity contribution is 7.98. The molecule has 0 saturated carbocycles. The van der Waals surface area contributed by atoms with E-state index >= 15 is 8.78 Å². The average molecular weight is 787 g/mol. The molecule has 0 spiro atoms. The minimum absolute atomic E-state index is 0.000370. The Hall–Kier alpha value is -4.05. The number of ether oxygens (including phenoxy) is 3. The van der Waals surface area contributed by atoms with Gasteiger partial charge in [0.15, 0.2) is 17.8 Å². The van der Waals surface area contributed by atoms with Gasteiger partial charge in [-0.05, 0) is 92.1 Å². The number of hydrogen-bond acceptors (Lipinski definition) is 8. The van der Waals surface area contributed by atoms with Crippen molar-refractivity contribution in [3.05, 3.63) is 59.4 Å². The molecular weight excluding hydrogens is 735 g/mol. The van der Waals surface area contributed by atoms with Crippen molar-refractivity contribution >= 4 is 53.2 Å². The normalized spacial score (nSPS) is 17.3. The highest BCUT2D eigenvalue weighted by Gasteiger charge is 2.43. The van der Waals surface area contributed by atoms with E-state index < -0.39 is 25.3 Å². The van der Waals surface area contributed by atoms with Crippen LogP contribution in [0.1, 0.15) is 92.8 Å². The van der Waals surface area contributed by atoms with Crippen LogP contribution in [-0.4, -0.2) is 71.9 Å². The number of amides is 1. The molecule has 2 bridgehead atoms. The quantitative estimate of drug-likeness (QED) is 0.0545. The second-order valence-electron chi connectivity index (χ2n) is 16.5. The number of methoxy groups -OCH3 is 1. The number of fused-ring (bicyclic) bond motifs is 4. The molecule has 2 aliphatic rings. The smallest absolute Gasteiger partial charge is 0.411 e. The van der Waals surface area contributed by atoms with Crippen LogP contribution in [0.5, 0.6) is 5.75 Å². The Morgan fingerprint density at radius 1 is 1.04 bits per heavy atom. The van der Waals surface area contributed by atoms with Gasteiger partial charge in [-0.3, -0.25) is 9.88 Å². The summed E-state index contributed by atoms with van der Waals surface area (Å²) in [5, 5.41) is 1.94. The topological polar surface area (TPSA) is 86.7 Å². The number of nitrogens with zero attached hydrogens (tertiary/aromatic N) is 4. The fraction of sp³-hybridized carbons (Fsp3) is 0.488. The Morgan fingerprint density at radius 2 is 1.75 bits per heavy atom. The van der Waals surface area contributed by atoms with Crippen molar-refractivity contribution in [2.45, 2.75) is 121 Å². The lowest BCUT2D eigenvalue weighted by Crippen LogP contribution is -2.45. The maximum Gasteiger partial charge on any atom is 0.411 e. The lowest BCUT2D eigenvalue weighted by atomic mass is 9.94. The van der Waals surface area contributed by atoms with E-state index in [1.54, 1.807) is 24.4 Å². The van der Waals surface area contributed by atoms with Crippen molar-refractivity contribution in [2.75, 3.05) is 20.2 Å². The summed E-state index contributed by atoms with van der Waals surface area (Å²) < 4.78 is 50.2. The van der Waals surface area contributed by atoms with Crippen LogP contribution in [-0.2, 0) is 9.47 Å². The molecule has 2 atom stereocenters. The van der Waals surface area contributed by atoms with Gasteiger partial charge in [0.1, 0.15) is 36.5 Å². The Kier molecular flexibility index (Phi) is 11.7. The third-order valence-electron chi connectivity index (χ3n) is 11.1. The summed E-state index contributed by atoms with van der Waals surface area (Å²) in [6.45, 7) is 18.8. The number of rotatable bonds is 9. The molecule has 1 fully saturated rings. The van der Waals surface area contributed by atoms with Crippen LogP contribution in [0, 0.1) is 23.1 Å². The second kappa shape index (κ2) is 15.8. The molecule has 2 aliphatic heterocycles. The third kappa shape index (κ3) is 7.72. The molecule has 2 unspecified atom stereocenters. The van der Waals surface area contributed by atoms with Crippen molar-refractivity contribution in [3.63, 3.8) is 0 Å². The van der Waals surface area contributed by atoms with E-state index in [-0.39, 0.29) is 41.7 Å². The van der Waals surface area contributed by atoms with Gasteiger partial charge in [0.25, 0.3) is 0 Å². The lowest BCUT2D eigenvalue weighted by Gasteiger charge is -2.38. The van der Waals surface area contributed by atoms with Gasteiger partial charge in [0, 0.05) is 35.7 Å². The average Bonchev–Trinajstić information content (AvgIpc) is 3.39. The number of hydrogen-bond donors (Lipinski definition) is 0. The molecule has 1 amide bonds. The SMILES string of the molecule is COCOc1cc(-c2ncc3c(C4=CC5CCC(C4)N5C(=O)OC(C)(C)C)nc(SC)nc3c2F)c2c(C#C[Si](C(C)C)(C(C)C)C(C)C)c(F)ccc2c1. The van der Waals surface area contributed by atoms with Gasteiger partial charge in [-0.15, -0.1) is 5.54 Å². The molecule has 4 heterocycles. The van der Waals surface area contributed by atoms with Gasteiger partial charge in [-0.1, -0.05) is 71.4 Å². The number of pyridine rings is 1. The summed E-state index contributed by atoms with van der Waals surface area (Å²) in [6, 6.07) is 6.29. The predicted octanol–water partition coefficient (Wildman–Crippen LogP) is 11.0. The fourth-order valence-electron chi connectivity index (χ4n) is 8.70. The summed E-state index contributed by atoms with van der Waals surface area (Å²) in [6.07, 6.45) is 7.33. The first-order valence-corrected chi connectivity index (χ1v) is 22.5. The fourth-order valence-corrected chi connectivity index (χ4v) is 14.3. The molecule has 0 radical (unpaired) electrons. The van der Waals surface area contributed by atoms with Gasteiger partial charge >= 0.3 is 6.09 Å². The molecule has 2 aromatic heterocycles. The molecule has 55 heavy (non-hydrogen) atoms. The van der Waals surface area contributed by atoms with Crippen LogP contribution in [0.15, 0.2) is 41.7 Å². The highest BCUT2D eigenvalue weighted by atomic mass is 32.2. The standard InChI is InChI=1S/C43H52F2N4O4SSi/c1-24(2)55(25(3)4,26(5)6)17-16-32-35(44)15-12-27-20-31(52-23-51-10)21-33(36(27)32)39-37(45)40-34(22-46-39)38(47-41(48-40)54-11)28-18-29-13-14-30(19-28)49(29)42(50)53-43(7,8)9/h12,15,18,20-22,24-26,29-30H,13-14,19,23H2,1-11H3. The maximum absolute atomic E-state index is 17.3.